The maximum Gasteiger partial charge on any atom is 0.260 e. The first-order valence-electron chi connectivity index (χ1n) is 6.04. The maximum absolute atomic E-state index is 5.65. The van der Waals surface area contributed by atoms with Crippen molar-refractivity contribution >= 4 is 11.5 Å². The Hall–Kier alpha value is -1.82. The van der Waals surface area contributed by atoms with Gasteiger partial charge in [0.05, 0.1) is 12.8 Å². The normalized spacial score (nSPS) is 10.8. The van der Waals surface area contributed by atoms with Crippen molar-refractivity contribution in [2.45, 2.75) is 13.3 Å². The molecule has 0 bridgehead atoms. The molecule has 0 aromatic carbocycles. The van der Waals surface area contributed by atoms with E-state index in [0.29, 0.717) is 19.1 Å². The van der Waals surface area contributed by atoms with E-state index in [1.165, 1.54) is 0 Å². The van der Waals surface area contributed by atoms with Gasteiger partial charge < -0.3 is 14.8 Å². The summed E-state index contributed by atoms with van der Waals surface area (Å²) in [6.45, 7) is 4.09. The summed E-state index contributed by atoms with van der Waals surface area (Å²) in [7, 11) is 1.68. The Morgan fingerprint density at radius 2 is 2.28 bits per heavy atom. The number of fused-ring (bicyclic) bond motifs is 1. The molecule has 0 spiro atoms. The molecule has 0 unspecified atom stereocenters. The Morgan fingerprint density at radius 3 is 3.06 bits per heavy atom. The van der Waals surface area contributed by atoms with Gasteiger partial charge in [0, 0.05) is 39.1 Å². The monoisotopic (exact) mass is 250 g/mol. The second-order valence-electron chi connectivity index (χ2n) is 3.81. The Kier molecular flexibility index (Phi) is 4.35. The molecular formula is C12H18N4O2. The van der Waals surface area contributed by atoms with Gasteiger partial charge in [-0.2, -0.15) is 4.98 Å². The van der Waals surface area contributed by atoms with Gasteiger partial charge >= 0.3 is 0 Å². The van der Waals surface area contributed by atoms with Crippen LogP contribution < -0.4 is 10.1 Å². The number of aromatic nitrogens is 3. The smallest absolute Gasteiger partial charge is 0.260 e. The largest absolute Gasteiger partial charge is 0.475 e. The van der Waals surface area contributed by atoms with E-state index >= 15 is 0 Å². The third-order valence-electron chi connectivity index (χ3n) is 2.43. The first-order valence-corrected chi connectivity index (χ1v) is 6.04. The number of hydrogen-bond acceptors (Lipinski definition) is 5. The van der Waals surface area contributed by atoms with Crippen LogP contribution in [0.15, 0.2) is 18.6 Å². The Labute approximate surface area is 106 Å². The van der Waals surface area contributed by atoms with Gasteiger partial charge in [-0.1, -0.05) is 0 Å². The molecule has 0 amide bonds. The molecule has 0 atom stereocenters. The Balaban J connectivity index is 2.15. The fourth-order valence-electron chi connectivity index (χ4n) is 1.64. The number of nitrogens with zero attached hydrogens (tertiary/aromatic N) is 3. The summed E-state index contributed by atoms with van der Waals surface area (Å²) < 4.78 is 12.5. The molecule has 0 aliphatic rings. The molecule has 0 saturated carbocycles. The second-order valence-corrected chi connectivity index (χ2v) is 3.81. The van der Waals surface area contributed by atoms with Crippen LogP contribution in [-0.4, -0.2) is 41.2 Å². The summed E-state index contributed by atoms with van der Waals surface area (Å²) in [6, 6.07) is 0. The molecule has 1 N–H and O–H groups in total. The van der Waals surface area contributed by atoms with Crippen molar-refractivity contribution in [2.24, 2.45) is 0 Å². The van der Waals surface area contributed by atoms with Gasteiger partial charge in [-0.15, -0.1) is 0 Å². The van der Waals surface area contributed by atoms with E-state index in [9.17, 15) is 0 Å². The molecule has 0 fully saturated rings. The number of nitrogens with one attached hydrogen (secondary N) is 1. The zero-order valence-electron chi connectivity index (χ0n) is 10.7. The molecule has 0 saturated heterocycles. The lowest BCUT2D eigenvalue weighted by molar-refractivity contribution is 0.171. The third kappa shape index (κ3) is 2.89. The second kappa shape index (κ2) is 6.20. The molecule has 0 radical (unpaired) electrons. The van der Waals surface area contributed by atoms with Crippen LogP contribution in [-0.2, 0) is 4.74 Å². The highest BCUT2D eigenvalue weighted by molar-refractivity contribution is 5.53. The summed E-state index contributed by atoms with van der Waals surface area (Å²) in [5, 5.41) is 3.17. The van der Waals surface area contributed by atoms with Gasteiger partial charge in [-0.25, -0.2) is 4.98 Å². The molecule has 18 heavy (non-hydrogen) atoms. The van der Waals surface area contributed by atoms with Gasteiger partial charge in [0.2, 0.25) is 5.65 Å². The van der Waals surface area contributed by atoms with Crippen LogP contribution in [0.3, 0.4) is 0 Å². The van der Waals surface area contributed by atoms with E-state index in [1.54, 1.807) is 13.3 Å². The number of ether oxygens (including phenoxy) is 2. The lowest BCUT2D eigenvalue weighted by Crippen LogP contribution is -2.07. The predicted octanol–water partition coefficient (Wildman–Crippen LogP) is 1.58. The average molecular weight is 250 g/mol. The van der Waals surface area contributed by atoms with E-state index in [2.05, 4.69) is 15.3 Å². The zero-order valence-corrected chi connectivity index (χ0v) is 10.7. The molecule has 98 valence electrons. The van der Waals surface area contributed by atoms with Crippen molar-refractivity contribution < 1.29 is 9.47 Å². The SMILES string of the molecule is CCNc1cn2ccnc2c(OCCCOC)n1. The molecule has 2 aromatic rings. The van der Waals surface area contributed by atoms with Crippen LogP contribution in [0.4, 0.5) is 5.82 Å². The van der Waals surface area contributed by atoms with Gasteiger partial charge in [0.1, 0.15) is 5.82 Å². The summed E-state index contributed by atoms with van der Waals surface area (Å²) >= 11 is 0. The summed E-state index contributed by atoms with van der Waals surface area (Å²) in [4.78, 5) is 8.64. The number of rotatable bonds is 7. The number of hydrogen-bond donors (Lipinski definition) is 1. The minimum Gasteiger partial charge on any atom is -0.475 e. The highest BCUT2D eigenvalue weighted by Crippen LogP contribution is 2.18. The number of anilines is 1. The topological polar surface area (TPSA) is 60.7 Å². The minimum atomic E-state index is 0.551. The molecular weight excluding hydrogens is 232 g/mol. The van der Waals surface area contributed by atoms with Crippen LogP contribution in [0.2, 0.25) is 0 Å². The van der Waals surface area contributed by atoms with Crippen molar-refractivity contribution in [3.63, 3.8) is 0 Å². The first kappa shape index (κ1) is 12.6. The van der Waals surface area contributed by atoms with E-state index in [-0.39, 0.29) is 0 Å². The van der Waals surface area contributed by atoms with E-state index in [4.69, 9.17) is 9.47 Å². The minimum absolute atomic E-state index is 0.551. The summed E-state index contributed by atoms with van der Waals surface area (Å²) in [5.41, 5.74) is 0.731. The van der Waals surface area contributed by atoms with Crippen molar-refractivity contribution in [3.8, 4) is 5.88 Å². The van der Waals surface area contributed by atoms with Crippen LogP contribution in [0, 0.1) is 0 Å². The molecule has 2 heterocycles. The van der Waals surface area contributed by atoms with Gasteiger partial charge in [0.25, 0.3) is 5.88 Å². The molecule has 6 nitrogen and oxygen atoms in total. The van der Waals surface area contributed by atoms with Crippen molar-refractivity contribution in [1.29, 1.82) is 0 Å². The first-order chi connectivity index (χ1) is 8.85. The van der Waals surface area contributed by atoms with Crippen molar-refractivity contribution in [1.82, 2.24) is 14.4 Å². The van der Waals surface area contributed by atoms with Crippen LogP contribution in [0.1, 0.15) is 13.3 Å². The van der Waals surface area contributed by atoms with Gasteiger partial charge in [-0.05, 0) is 6.92 Å². The van der Waals surface area contributed by atoms with Gasteiger partial charge in [0.15, 0.2) is 0 Å². The zero-order chi connectivity index (χ0) is 12.8. The molecule has 2 aromatic heterocycles. The lowest BCUT2D eigenvalue weighted by atomic mass is 10.5. The van der Waals surface area contributed by atoms with E-state index in [0.717, 1.165) is 24.4 Å². The van der Waals surface area contributed by atoms with Crippen LogP contribution in [0.25, 0.3) is 5.65 Å². The number of imidazole rings is 1. The van der Waals surface area contributed by atoms with E-state index in [1.807, 2.05) is 23.7 Å². The maximum atomic E-state index is 5.65. The molecule has 0 aliphatic heterocycles. The Bertz CT molecular complexity index is 498. The number of methoxy groups -OCH3 is 1. The standard InChI is InChI=1S/C12H18N4O2/c1-3-13-10-9-16-6-5-14-11(16)12(15-10)18-8-4-7-17-2/h5-6,9,13H,3-4,7-8H2,1-2H3. The van der Waals surface area contributed by atoms with Crippen LogP contribution in [0.5, 0.6) is 5.88 Å². The summed E-state index contributed by atoms with van der Waals surface area (Å²) in [5.74, 6) is 1.33. The van der Waals surface area contributed by atoms with E-state index < -0.39 is 0 Å². The van der Waals surface area contributed by atoms with Gasteiger partial charge in [-0.3, -0.25) is 4.40 Å². The summed E-state index contributed by atoms with van der Waals surface area (Å²) in [6.07, 6.45) is 6.33. The van der Waals surface area contributed by atoms with Crippen LogP contribution >= 0.6 is 0 Å². The van der Waals surface area contributed by atoms with Crippen molar-refractivity contribution in [3.05, 3.63) is 18.6 Å². The molecule has 6 heteroatoms. The lowest BCUT2D eigenvalue weighted by Gasteiger charge is -2.09. The molecule has 2 rings (SSSR count). The predicted molar refractivity (Wildman–Crippen MR) is 69.1 cm³/mol. The third-order valence-corrected chi connectivity index (χ3v) is 2.43. The highest BCUT2D eigenvalue weighted by Gasteiger charge is 2.08. The Morgan fingerprint density at radius 1 is 1.39 bits per heavy atom. The quantitative estimate of drug-likeness (QED) is 0.756. The highest BCUT2D eigenvalue weighted by atomic mass is 16.5. The van der Waals surface area contributed by atoms with Crippen molar-refractivity contribution in [2.75, 3.05) is 32.2 Å². The fraction of sp³-hybridized carbons (Fsp3) is 0.500. The fourth-order valence-corrected chi connectivity index (χ4v) is 1.64. The molecule has 0 aliphatic carbocycles. The average Bonchev–Trinajstić information content (AvgIpc) is 2.83.